The molecule has 3 fully saturated rings. The Morgan fingerprint density at radius 2 is 0.912 bits per heavy atom. The predicted molar refractivity (Wildman–Crippen MR) is 250 cm³/mol. The summed E-state index contributed by atoms with van der Waals surface area (Å²) in [5.74, 6) is -0.281. The summed E-state index contributed by atoms with van der Waals surface area (Å²) in [6.45, 7) is 1.66. The number of amides is 1. The molecular formula is C49H91NO18. The highest BCUT2D eigenvalue weighted by molar-refractivity contribution is 5.76. The molecule has 0 aromatic carbocycles. The summed E-state index contributed by atoms with van der Waals surface area (Å²) in [4.78, 5) is 13.2. The highest BCUT2D eigenvalue weighted by Crippen LogP contribution is 2.33. The van der Waals surface area contributed by atoms with Gasteiger partial charge in [-0.2, -0.15) is 0 Å². The molecule has 3 saturated heterocycles. The molecule has 17 atom stereocenters. The first-order valence-corrected chi connectivity index (χ1v) is 25.9. The lowest BCUT2D eigenvalue weighted by Gasteiger charge is -2.48. The largest absolute Gasteiger partial charge is 0.394 e. The van der Waals surface area contributed by atoms with Gasteiger partial charge in [0.15, 0.2) is 18.9 Å². The molecular weight excluding hydrogens is 891 g/mol. The van der Waals surface area contributed by atoms with Gasteiger partial charge in [-0.1, -0.05) is 148 Å². The van der Waals surface area contributed by atoms with Crippen molar-refractivity contribution in [3.05, 3.63) is 12.2 Å². The van der Waals surface area contributed by atoms with Gasteiger partial charge >= 0.3 is 0 Å². The summed E-state index contributed by atoms with van der Waals surface area (Å²) in [6.07, 6.45) is 2.26. The van der Waals surface area contributed by atoms with Crippen LogP contribution in [0, 0.1) is 0 Å². The molecule has 19 nitrogen and oxygen atoms in total. The Balaban J connectivity index is 1.57. The Bertz CT molecular complexity index is 1310. The summed E-state index contributed by atoms with van der Waals surface area (Å²) < 4.78 is 34.1. The summed E-state index contributed by atoms with van der Waals surface area (Å²) in [7, 11) is 0. The fourth-order valence-electron chi connectivity index (χ4n) is 8.95. The molecule has 0 aliphatic carbocycles. The Kier molecular flexibility index (Phi) is 31.1. The Labute approximate surface area is 404 Å². The zero-order valence-corrected chi connectivity index (χ0v) is 40.8. The third-order valence-electron chi connectivity index (χ3n) is 13.3. The first-order chi connectivity index (χ1) is 32.8. The topological polar surface area (TPSA) is 307 Å². The molecule has 12 N–H and O–H groups in total. The van der Waals surface area contributed by atoms with Gasteiger partial charge in [0.2, 0.25) is 5.91 Å². The number of carbonyl (C=O) groups is 1. The summed E-state index contributed by atoms with van der Waals surface area (Å²) in [5, 5.41) is 119. The smallest absolute Gasteiger partial charge is 0.220 e. The molecule has 400 valence electrons. The predicted octanol–water partition coefficient (Wildman–Crippen LogP) is 1.87. The number of nitrogens with one attached hydrogen (secondary N) is 1. The fraction of sp³-hybridized carbons (Fsp3) is 0.939. The molecule has 3 aliphatic heterocycles. The summed E-state index contributed by atoms with van der Waals surface area (Å²) >= 11 is 0. The van der Waals surface area contributed by atoms with Crippen molar-refractivity contribution in [1.29, 1.82) is 0 Å². The van der Waals surface area contributed by atoms with E-state index in [9.17, 15) is 61.0 Å². The maximum Gasteiger partial charge on any atom is 0.220 e. The maximum absolute atomic E-state index is 13.2. The van der Waals surface area contributed by atoms with Crippen molar-refractivity contribution >= 4 is 5.91 Å². The van der Waals surface area contributed by atoms with Gasteiger partial charge in [0, 0.05) is 6.42 Å². The Hall–Kier alpha value is -1.47. The molecule has 0 saturated carbocycles. The van der Waals surface area contributed by atoms with Crippen LogP contribution < -0.4 is 5.32 Å². The van der Waals surface area contributed by atoms with Crippen LogP contribution in [0.15, 0.2) is 12.2 Å². The second-order valence-electron chi connectivity index (χ2n) is 19.0. The average Bonchev–Trinajstić information content (AvgIpc) is 3.33. The lowest BCUT2D eigenvalue weighted by molar-refractivity contribution is -0.379. The number of ether oxygens (including phenoxy) is 6. The van der Waals surface area contributed by atoms with Crippen LogP contribution in [0.4, 0.5) is 0 Å². The van der Waals surface area contributed by atoms with E-state index in [-0.39, 0.29) is 18.9 Å². The van der Waals surface area contributed by atoms with E-state index < -0.39 is 124 Å². The minimum Gasteiger partial charge on any atom is -0.394 e. The Morgan fingerprint density at radius 3 is 1.38 bits per heavy atom. The maximum atomic E-state index is 13.2. The number of rotatable bonds is 36. The van der Waals surface area contributed by atoms with Crippen LogP contribution in [0.25, 0.3) is 0 Å². The van der Waals surface area contributed by atoms with Crippen molar-refractivity contribution < 1.29 is 89.4 Å². The highest BCUT2D eigenvalue weighted by atomic mass is 16.8. The number of aliphatic hydroxyl groups is 11. The normalized spacial score (nSPS) is 33.2. The SMILES string of the molecule is CCCCCCCCCCCCCC/C=C/C(O)C(COC1OC(CO)C(OC2OC(CO)C(OC3OC(CO)C(O)C(O)C3O)C(O)C2O)C(O)C1O)NC(=O)CCCCCCCCCCC. The molecule has 1 amide bonds. The molecule has 0 aromatic heterocycles. The van der Waals surface area contributed by atoms with Crippen LogP contribution in [-0.2, 0) is 33.2 Å². The van der Waals surface area contributed by atoms with Gasteiger partial charge in [-0.15, -0.1) is 0 Å². The molecule has 0 aromatic rings. The van der Waals surface area contributed by atoms with E-state index >= 15 is 0 Å². The van der Waals surface area contributed by atoms with Crippen molar-refractivity contribution in [2.45, 2.75) is 266 Å². The number of allylic oxidation sites excluding steroid dienone is 1. The molecule has 0 bridgehead atoms. The number of unbranched alkanes of at least 4 members (excludes halogenated alkanes) is 20. The van der Waals surface area contributed by atoms with E-state index in [1.54, 1.807) is 6.08 Å². The van der Waals surface area contributed by atoms with Gasteiger partial charge in [-0.3, -0.25) is 4.79 Å². The minimum absolute atomic E-state index is 0.246. The lowest BCUT2D eigenvalue weighted by atomic mass is 9.96. The van der Waals surface area contributed by atoms with E-state index in [1.807, 2.05) is 6.08 Å². The minimum atomic E-state index is -1.97. The third-order valence-corrected chi connectivity index (χ3v) is 13.3. The second-order valence-corrected chi connectivity index (χ2v) is 19.0. The van der Waals surface area contributed by atoms with E-state index in [0.29, 0.717) is 6.42 Å². The Morgan fingerprint density at radius 1 is 0.515 bits per heavy atom. The van der Waals surface area contributed by atoms with E-state index in [2.05, 4.69) is 19.2 Å². The van der Waals surface area contributed by atoms with Crippen molar-refractivity contribution in [1.82, 2.24) is 5.32 Å². The number of hydrogen-bond acceptors (Lipinski definition) is 18. The van der Waals surface area contributed by atoms with Crippen LogP contribution in [-0.4, -0.2) is 193 Å². The monoisotopic (exact) mass is 982 g/mol. The number of carbonyl (C=O) groups excluding carboxylic acids is 1. The van der Waals surface area contributed by atoms with Gasteiger partial charge < -0.3 is 89.9 Å². The van der Waals surface area contributed by atoms with Crippen LogP contribution in [0.2, 0.25) is 0 Å². The molecule has 3 rings (SSSR count). The van der Waals surface area contributed by atoms with Crippen LogP contribution in [0.5, 0.6) is 0 Å². The molecule has 0 radical (unpaired) electrons. The number of hydrogen-bond donors (Lipinski definition) is 12. The molecule has 17 unspecified atom stereocenters. The fourth-order valence-corrected chi connectivity index (χ4v) is 8.95. The zero-order valence-electron chi connectivity index (χ0n) is 40.8. The molecule has 3 heterocycles. The first-order valence-electron chi connectivity index (χ1n) is 25.9. The van der Waals surface area contributed by atoms with Crippen molar-refractivity contribution in [2.24, 2.45) is 0 Å². The van der Waals surface area contributed by atoms with Gasteiger partial charge in [0.25, 0.3) is 0 Å². The van der Waals surface area contributed by atoms with E-state index in [1.165, 1.54) is 89.9 Å². The standard InChI is InChI=1S/C49H91NO18/c1-3-5-7-9-11-13-14-15-16-17-19-20-22-24-26-33(54)32(50-37(55)27-25-23-21-18-12-10-8-6-4-2)31-63-47-43(61)40(58)45(35(29-52)65-47)68-49-44(62)41(59)46(36(30-53)66-49)67-48-42(60)39(57)38(56)34(28-51)64-48/h24,26,32-36,38-49,51-54,56-62H,3-23,25,27-31H2,1-2H3,(H,50,55)/b26-24+. The lowest BCUT2D eigenvalue weighted by Crippen LogP contribution is -2.66. The molecule has 0 spiro atoms. The number of aliphatic hydroxyl groups excluding tert-OH is 11. The average molecular weight is 982 g/mol. The van der Waals surface area contributed by atoms with Crippen LogP contribution >= 0.6 is 0 Å². The van der Waals surface area contributed by atoms with E-state index in [4.69, 9.17) is 28.4 Å². The second kappa shape index (κ2) is 34.8. The zero-order chi connectivity index (χ0) is 49.8. The van der Waals surface area contributed by atoms with Crippen molar-refractivity contribution in [3.8, 4) is 0 Å². The van der Waals surface area contributed by atoms with Gasteiger partial charge in [-0.05, 0) is 19.3 Å². The van der Waals surface area contributed by atoms with Crippen LogP contribution in [0.3, 0.4) is 0 Å². The van der Waals surface area contributed by atoms with Gasteiger partial charge in [0.05, 0.1) is 38.6 Å². The molecule has 68 heavy (non-hydrogen) atoms. The van der Waals surface area contributed by atoms with Crippen molar-refractivity contribution in [3.63, 3.8) is 0 Å². The van der Waals surface area contributed by atoms with Gasteiger partial charge in [0.1, 0.15) is 73.2 Å². The quantitative estimate of drug-likeness (QED) is 0.0315. The van der Waals surface area contributed by atoms with Gasteiger partial charge in [-0.25, -0.2) is 0 Å². The molecule has 3 aliphatic rings. The highest BCUT2D eigenvalue weighted by Gasteiger charge is 2.53. The van der Waals surface area contributed by atoms with E-state index in [0.717, 1.165) is 44.9 Å². The first kappa shape index (κ1) is 60.8. The molecule has 19 heteroatoms. The van der Waals surface area contributed by atoms with Crippen LogP contribution in [0.1, 0.15) is 162 Å². The van der Waals surface area contributed by atoms with Crippen molar-refractivity contribution in [2.75, 3.05) is 26.4 Å². The summed E-state index contributed by atoms with van der Waals surface area (Å²) in [6, 6.07) is -0.963. The third kappa shape index (κ3) is 20.6. The summed E-state index contributed by atoms with van der Waals surface area (Å²) in [5.41, 5.74) is 0.